The Hall–Kier alpha value is -0.420. The minimum atomic E-state index is 0.773. The van der Waals surface area contributed by atoms with Gasteiger partial charge in [0.2, 0.25) is 5.13 Å². The first-order valence-electron chi connectivity index (χ1n) is 5.99. The number of aromatic nitrogens is 2. The molecule has 2 bridgehead atoms. The highest BCUT2D eigenvalue weighted by atomic mass is 32.1. The van der Waals surface area contributed by atoms with Crippen LogP contribution in [0.5, 0.6) is 0 Å². The van der Waals surface area contributed by atoms with Crippen LogP contribution >= 0.6 is 23.6 Å². The highest BCUT2D eigenvalue weighted by Crippen LogP contribution is 2.48. The van der Waals surface area contributed by atoms with E-state index in [0.29, 0.717) is 0 Å². The molecule has 5 heteroatoms. The van der Waals surface area contributed by atoms with Crippen molar-refractivity contribution in [2.45, 2.75) is 25.7 Å². The van der Waals surface area contributed by atoms with Crippen LogP contribution in [0.3, 0.4) is 0 Å². The van der Waals surface area contributed by atoms with E-state index in [1.165, 1.54) is 25.7 Å². The van der Waals surface area contributed by atoms with Gasteiger partial charge in [0.15, 0.2) is 3.95 Å². The van der Waals surface area contributed by atoms with Crippen LogP contribution in [0.15, 0.2) is 0 Å². The summed E-state index contributed by atoms with van der Waals surface area (Å²) in [4.78, 5) is 2.27. The first kappa shape index (κ1) is 10.7. The second-order valence-corrected chi connectivity index (χ2v) is 6.86. The number of fused-ring (bicyclic) bond motifs is 2. The number of nitrogens with zero attached hydrogens (tertiary/aromatic N) is 2. The van der Waals surface area contributed by atoms with E-state index in [1.807, 2.05) is 0 Å². The molecule has 88 valence electrons. The van der Waals surface area contributed by atoms with E-state index >= 15 is 0 Å². The fourth-order valence-corrected chi connectivity index (χ4v) is 4.26. The summed E-state index contributed by atoms with van der Waals surface area (Å²) in [6.45, 7) is 1.15. The second kappa shape index (κ2) is 4.11. The first-order valence-corrected chi connectivity index (χ1v) is 7.21. The molecule has 16 heavy (non-hydrogen) atoms. The van der Waals surface area contributed by atoms with E-state index in [2.05, 4.69) is 22.1 Å². The van der Waals surface area contributed by atoms with Gasteiger partial charge in [-0.25, -0.2) is 0 Å². The predicted molar refractivity (Wildman–Crippen MR) is 69.5 cm³/mol. The number of aromatic amines is 1. The Morgan fingerprint density at radius 3 is 2.94 bits per heavy atom. The number of hydrogen-bond acceptors (Lipinski definition) is 4. The lowest BCUT2D eigenvalue weighted by molar-refractivity contribution is 0.337. The number of anilines is 1. The molecule has 3 rings (SSSR count). The summed E-state index contributed by atoms with van der Waals surface area (Å²) in [5, 5.41) is 8.12. The fraction of sp³-hybridized carbons (Fsp3) is 0.818. The summed E-state index contributed by atoms with van der Waals surface area (Å²) in [5.41, 5.74) is 0. The van der Waals surface area contributed by atoms with Crippen molar-refractivity contribution in [3.63, 3.8) is 0 Å². The Morgan fingerprint density at radius 2 is 2.38 bits per heavy atom. The van der Waals surface area contributed by atoms with Crippen molar-refractivity contribution >= 4 is 28.7 Å². The van der Waals surface area contributed by atoms with E-state index in [4.69, 9.17) is 12.2 Å². The zero-order chi connectivity index (χ0) is 11.1. The third-order valence-corrected chi connectivity index (χ3v) is 5.35. The summed E-state index contributed by atoms with van der Waals surface area (Å²) in [5.74, 6) is 2.90. The lowest BCUT2D eigenvalue weighted by Gasteiger charge is -2.26. The minimum absolute atomic E-state index is 0.773. The average molecular weight is 255 g/mol. The maximum Gasteiger partial charge on any atom is 0.206 e. The number of H-pyrrole nitrogens is 1. The van der Waals surface area contributed by atoms with Crippen LogP contribution in [0.4, 0.5) is 5.13 Å². The summed E-state index contributed by atoms with van der Waals surface area (Å²) in [7, 11) is 2.13. The van der Waals surface area contributed by atoms with E-state index in [0.717, 1.165) is 33.4 Å². The molecular formula is C11H17N3S2. The first-order chi connectivity index (χ1) is 7.72. The number of nitrogens with one attached hydrogen (secondary N) is 1. The van der Waals surface area contributed by atoms with Crippen molar-refractivity contribution < 1.29 is 0 Å². The quantitative estimate of drug-likeness (QED) is 0.842. The molecule has 2 fully saturated rings. The Labute approximate surface area is 105 Å². The van der Waals surface area contributed by atoms with Gasteiger partial charge in [-0.15, -0.1) is 5.10 Å². The molecule has 0 spiro atoms. The third kappa shape index (κ3) is 1.91. The monoisotopic (exact) mass is 255 g/mol. The summed E-state index contributed by atoms with van der Waals surface area (Å²) in [6, 6.07) is 0. The van der Waals surface area contributed by atoms with Crippen LogP contribution < -0.4 is 4.90 Å². The Kier molecular flexibility index (Phi) is 2.75. The van der Waals surface area contributed by atoms with Crippen LogP contribution in [0.1, 0.15) is 25.7 Å². The zero-order valence-electron chi connectivity index (χ0n) is 9.48. The molecule has 2 saturated carbocycles. The van der Waals surface area contributed by atoms with Gasteiger partial charge in [-0.05, 0) is 49.2 Å². The van der Waals surface area contributed by atoms with Gasteiger partial charge in [0, 0.05) is 13.6 Å². The van der Waals surface area contributed by atoms with E-state index in [-0.39, 0.29) is 0 Å². The Morgan fingerprint density at radius 1 is 1.50 bits per heavy atom. The molecule has 3 unspecified atom stereocenters. The average Bonchev–Trinajstić information content (AvgIpc) is 2.92. The molecule has 3 atom stereocenters. The minimum Gasteiger partial charge on any atom is -0.349 e. The van der Waals surface area contributed by atoms with Crippen molar-refractivity contribution in [1.82, 2.24) is 10.2 Å². The molecule has 1 N–H and O–H groups in total. The van der Waals surface area contributed by atoms with Crippen LogP contribution in [0.2, 0.25) is 0 Å². The molecule has 0 saturated heterocycles. The lowest BCUT2D eigenvalue weighted by atomic mass is 9.88. The molecule has 1 aromatic heterocycles. The predicted octanol–water partition coefficient (Wildman–Crippen LogP) is 3.07. The molecule has 0 radical (unpaired) electrons. The summed E-state index contributed by atoms with van der Waals surface area (Å²) >= 11 is 6.64. The number of rotatable bonds is 3. The van der Waals surface area contributed by atoms with Gasteiger partial charge >= 0.3 is 0 Å². The van der Waals surface area contributed by atoms with Gasteiger partial charge < -0.3 is 4.90 Å². The molecule has 0 aromatic carbocycles. The normalized spacial score (nSPS) is 32.2. The van der Waals surface area contributed by atoms with E-state index in [1.54, 1.807) is 11.3 Å². The zero-order valence-corrected chi connectivity index (χ0v) is 11.1. The van der Waals surface area contributed by atoms with Gasteiger partial charge in [-0.2, -0.15) is 0 Å². The Bertz CT molecular complexity index is 425. The smallest absolute Gasteiger partial charge is 0.206 e. The van der Waals surface area contributed by atoms with Crippen molar-refractivity contribution in [3.8, 4) is 0 Å². The molecule has 0 amide bonds. The summed E-state index contributed by atoms with van der Waals surface area (Å²) < 4.78 is 0.773. The van der Waals surface area contributed by atoms with Crippen molar-refractivity contribution in [3.05, 3.63) is 3.95 Å². The lowest BCUT2D eigenvalue weighted by Crippen LogP contribution is -2.28. The number of hydrogen-bond donors (Lipinski definition) is 1. The largest absolute Gasteiger partial charge is 0.349 e. The van der Waals surface area contributed by atoms with Crippen molar-refractivity contribution in [2.75, 3.05) is 18.5 Å². The molecule has 2 aliphatic rings. The fourth-order valence-electron chi connectivity index (χ4n) is 3.42. The SMILES string of the molecule is CN(CC1CC2CCC1C2)c1n[nH]c(=S)s1. The third-order valence-electron chi connectivity index (χ3n) is 4.15. The topological polar surface area (TPSA) is 31.9 Å². The van der Waals surface area contributed by atoms with Gasteiger partial charge in [-0.1, -0.05) is 17.8 Å². The van der Waals surface area contributed by atoms with Crippen molar-refractivity contribution in [1.29, 1.82) is 0 Å². The standard InChI is InChI=1S/C11H17N3S2/c1-14(10-12-13-11(15)16-10)6-9-5-7-2-3-8(9)4-7/h7-9H,2-6H2,1H3,(H,13,15). The van der Waals surface area contributed by atoms with E-state index in [9.17, 15) is 0 Å². The Balaban J connectivity index is 1.65. The van der Waals surface area contributed by atoms with E-state index < -0.39 is 0 Å². The second-order valence-electron chi connectivity index (χ2n) is 5.21. The van der Waals surface area contributed by atoms with Crippen LogP contribution in [-0.4, -0.2) is 23.8 Å². The van der Waals surface area contributed by atoms with Crippen LogP contribution in [0, 0.1) is 21.7 Å². The van der Waals surface area contributed by atoms with Gasteiger partial charge in [-0.3, -0.25) is 5.10 Å². The highest BCUT2D eigenvalue weighted by Gasteiger charge is 2.39. The summed E-state index contributed by atoms with van der Waals surface area (Å²) in [6.07, 6.45) is 5.85. The maximum absolute atomic E-state index is 5.06. The van der Waals surface area contributed by atoms with Gasteiger partial charge in [0.25, 0.3) is 0 Å². The maximum atomic E-state index is 5.06. The van der Waals surface area contributed by atoms with Gasteiger partial charge in [0.05, 0.1) is 0 Å². The molecule has 1 heterocycles. The van der Waals surface area contributed by atoms with Crippen LogP contribution in [-0.2, 0) is 0 Å². The molecule has 0 aliphatic heterocycles. The van der Waals surface area contributed by atoms with Gasteiger partial charge in [0.1, 0.15) is 0 Å². The molecular weight excluding hydrogens is 238 g/mol. The molecule has 2 aliphatic carbocycles. The highest BCUT2D eigenvalue weighted by molar-refractivity contribution is 7.73. The molecule has 3 nitrogen and oxygen atoms in total. The van der Waals surface area contributed by atoms with Crippen LogP contribution in [0.25, 0.3) is 0 Å². The van der Waals surface area contributed by atoms with Crippen molar-refractivity contribution in [2.24, 2.45) is 17.8 Å². The molecule has 1 aromatic rings.